The van der Waals surface area contributed by atoms with Gasteiger partial charge in [0.2, 0.25) is 0 Å². The molecule has 0 radical (unpaired) electrons. The Morgan fingerprint density at radius 3 is 2.45 bits per heavy atom. The quantitative estimate of drug-likeness (QED) is 0.425. The zero-order valence-electron chi connectivity index (χ0n) is 7.08. The summed E-state index contributed by atoms with van der Waals surface area (Å²) in [7, 11) is 3.15. The zero-order chi connectivity index (χ0) is 8.53. The Morgan fingerprint density at radius 1 is 1.18 bits per heavy atom. The molecule has 0 aliphatic carbocycles. The van der Waals surface area contributed by atoms with Crippen molar-refractivity contribution in [3.63, 3.8) is 0 Å². The van der Waals surface area contributed by atoms with Crippen molar-refractivity contribution in [2.75, 3.05) is 34.0 Å². The first kappa shape index (κ1) is 10.8. The van der Waals surface area contributed by atoms with Gasteiger partial charge >= 0.3 is 0 Å². The summed E-state index contributed by atoms with van der Waals surface area (Å²) in [5.74, 6) is 0. The van der Waals surface area contributed by atoms with Crippen LogP contribution in [-0.4, -0.2) is 45.4 Å². The summed E-state index contributed by atoms with van der Waals surface area (Å²) in [6.45, 7) is 1.37. The Bertz CT molecular complexity index is 76.8. The molecule has 0 heterocycles. The lowest BCUT2D eigenvalue weighted by Gasteiger charge is -2.09. The van der Waals surface area contributed by atoms with Crippen LogP contribution in [0.15, 0.2) is 0 Å². The lowest BCUT2D eigenvalue weighted by atomic mass is 10.5. The van der Waals surface area contributed by atoms with Crippen LogP contribution in [-0.2, 0) is 14.2 Å². The van der Waals surface area contributed by atoms with Gasteiger partial charge in [0.25, 0.3) is 0 Å². The highest BCUT2D eigenvalue weighted by molar-refractivity contribution is 4.38. The second kappa shape index (κ2) is 7.94. The first-order valence-electron chi connectivity index (χ1n) is 3.58. The van der Waals surface area contributed by atoms with Gasteiger partial charge in [-0.25, -0.2) is 0 Å². The number of rotatable bonds is 7. The van der Waals surface area contributed by atoms with Crippen LogP contribution in [0.3, 0.4) is 0 Å². The molecule has 0 fully saturated rings. The van der Waals surface area contributed by atoms with Crippen LogP contribution in [0.4, 0.5) is 0 Å². The second-order valence-electron chi connectivity index (χ2n) is 2.13. The molecule has 0 aromatic heterocycles. The smallest absolute Gasteiger partial charge is 0.178 e. The predicted octanol–water partition coefficient (Wildman–Crippen LogP) is 0.00430. The van der Waals surface area contributed by atoms with Crippen molar-refractivity contribution in [1.82, 2.24) is 0 Å². The fraction of sp³-hybridized carbons (Fsp3) is 1.00. The maximum absolute atomic E-state index is 8.96. The molecule has 0 bridgehead atoms. The van der Waals surface area contributed by atoms with E-state index in [2.05, 4.69) is 4.74 Å². The number of methoxy groups -OCH3 is 2. The largest absolute Gasteiger partial charge is 0.385 e. The summed E-state index contributed by atoms with van der Waals surface area (Å²) < 4.78 is 14.4. The molecular formula is C7H16O4. The Morgan fingerprint density at radius 2 is 1.91 bits per heavy atom. The lowest BCUT2D eigenvalue weighted by molar-refractivity contribution is -0.133. The predicted molar refractivity (Wildman–Crippen MR) is 40.3 cm³/mol. The minimum atomic E-state index is -0.808. The molecule has 4 heteroatoms. The van der Waals surface area contributed by atoms with E-state index in [4.69, 9.17) is 14.6 Å². The van der Waals surface area contributed by atoms with Gasteiger partial charge in [-0.15, -0.1) is 0 Å². The van der Waals surface area contributed by atoms with Crippen molar-refractivity contribution < 1.29 is 19.3 Å². The van der Waals surface area contributed by atoms with E-state index >= 15 is 0 Å². The van der Waals surface area contributed by atoms with Crippen LogP contribution in [0.5, 0.6) is 0 Å². The van der Waals surface area contributed by atoms with Gasteiger partial charge < -0.3 is 19.3 Å². The normalized spacial score (nSPS) is 13.4. The molecule has 0 aromatic carbocycles. The number of ether oxygens (including phenoxy) is 3. The molecule has 1 N–H and O–H groups in total. The molecule has 0 rings (SSSR count). The van der Waals surface area contributed by atoms with E-state index in [1.165, 1.54) is 7.11 Å². The number of hydrogen-bond acceptors (Lipinski definition) is 4. The van der Waals surface area contributed by atoms with Crippen molar-refractivity contribution >= 4 is 0 Å². The van der Waals surface area contributed by atoms with E-state index in [0.29, 0.717) is 13.2 Å². The third-order valence-corrected chi connectivity index (χ3v) is 1.11. The molecule has 0 spiro atoms. The van der Waals surface area contributed by atoms with E-state index in [1.807, 2.05) is 0 Å². The van der Waals surface area contributed by atoms with Crippen molar-refractivity contribution in [3.8, 4) is 0 Å². The van der Waals surface area contributed by atoms with E-state index in [9.17, 15) is 0 Å². The molecule has 1 atom stereocenters. The standard InChI is InChI=1S/C7H16O4/c1-9-4-3-5-11-7(8)6-10-2/h7-8H,3-6H2,1-2H3. The van der Waals surface area contributed by atoms with Crippen molar-refractivity contribution in [2.45, 2.75) is 12.7 Å². The van der Waals surface area contributed by atoms with Crippen LogP contribution < -0.4 is 0 Å². The molecule has 0 saturated heterocycles. The van der Waals surface area contributed by atoms with Gasteiger partial charge in [0, 0.05) is 20.8 Å². The van der Waals surface area contributed by atoms with Gasteiger partial charge in [-0.2, -0.15) is 0 Å². The third-order valence-electron chi connectivity index (χ3n) is 1.11. The molecule has 0 aliphatic heterocycles. The number of hydrogen-bond donors (Lipinski definition) is 1. The summed E-state index contributed by atoms with van der Waals surface area (Å²) in [4.78, 5) is 0. The molecule has 0 amide bonds. The zero-order valence-corrected chi connectivity index (χ0v) is 7.08. The van der Waals surface area contributed by atoms with Crippen molar-refractivity contribution in [2.24, 2.45) is 0 Å². The van der Waals surface area contributed by atoms with Gasteiger partial charge in [0.15, 0.2) is 6.29 Å². The maximum Gasteiger partial charge on any atom is 0.178 e. The lowest BCUT2D eigenvalue weighted by Crippen LogP contribution is -2.19. The Labute approximate surface area is 67.1 Å². The van der Waals surface area contributed by atoms with Crippen LogP contribution in [0, 0.1) is 0 Å². The summed E-state index contributed by atoms with van der Waals surface area (Å²) >= 11 is 0. The SMILES string of the molecule is COCCCOC(O)COC. The molecular weight excluding hydrogens is 148 g/mol. The highest BCUT2D eigenvalue weighted by Crippen LogP contribution is 1.90. The van der Waals surface area contributed by atoms with E-state index in [-0.39, 0.29) is 6.61 Å². The van der Waals surface area contributed by atoms with E-state index < -0.39 is 6.29 Å². The van der Waals surface area contributed by atoms with Crippen LogP contribution in [0.2, 0.25) is 0 Å². The average molecular weight is 164 g/mol. The van der Waals surface area contributed by atoms with E-state index in [1.54, 1.807) is 7.11 Å². The second-order valence-corrected chi connectivity index (χ2v) is 2.13. The van der Waals surface area contributed by atoms with Crippen LogP contribution in [0.1, 0.15) is 6.42 Å². The third kappa shape index (κ3) is 7.74. The number of aliphatic hydroxyl groups is 1. The molecule has 4 nitrogen and oxygen atoms in total. The topological polar surface area (TPSA) is 47.9 Å². The van der Waals surface area contributed by atoms with E-state index in [0.717, 1.165) is 6.42 Å². The molecule has 1 unspecified atom stereocenters. The average Bonchev–Trinajstić information content (AvgIpc) is 1.99. The van der Waals surface area contributed by atoms with Gasteiger partial charge in [0.1, 0.15) is 0 Å². The first-order valence-corrected chi connectivity index (χ1v) is 3.58. The summed E-state index contributed by atoms with van der Waals surface area (Å²) in [5.41, 5.74) is 0. The maximum atomic E-state index is 8.96. The molecule has 0 saturated carbocycles. The summed E-state index contributed by atoms with van der Waals surface area (Å²) in [6.07, 6.45) is -0.0195. The molecule has 0 aliphatic rings. The summed E-state index contributed by atoms with van der Waals surface area (Å²) in [5, 5.41) is 8.96. The summed E-state index contributed by atoms with van der Waals surface area (Å²) in [6, 6.07) is 0. The monoisotopic (exact) mass is 164 g/mol. The van der Waals surface area contributed by atoms with Crippen LogP contribution >= 0.6 is 0 Å². The van der Waals surface area contributed by atoms with Gasteiger partial charge in [-0.3, -0.25) is 0 Å². The fourth-order valence-electron chi connectivity index (χ4n) is 0.613. The molecule has 0 aromatic rings. The van der Waals surface area contributed by atoms with Crippen molar-refractivity contribution in [1.29, 1.82) is 0 Å². The molecule has 11 heavy (non-hydrogen) atoms. The Balaban J connectivity index is 2.97. The van der Waals surface area contributed by atoms with Gasteiger partial charge in [-0.05, 0) is 6.42 Å². The minimum Gasteiger partial charge on any atom is -0.385 e. The highest BCUT2D eigenvalue weighted by atomic mass is 16.6. The Hall–Kier alpha value is -0.160. The van der Waals surface area contributed by atoms with Gasteiger partial charge in [0.05, 0.1) is 13.2 Å². The molecule has 68 valence electrons. The number of aliphatic hydroxyl groups excluding tert-OH is 1. The first-order chi connectivity index (χ1) is 5.31. The van der Waals surface area contributed by atoms with Crippen LogP contribution in [0.25, 0.3) is 0 Å². The highest BCUT2D eigenvalue weighted by Gasteiger charge is 2.00. The van der Waals surface area contributed by atoms with Crippen molar-refractivity contribution in [3.05, 3.63) is 0 Å². The van der Waals surface area contributed by atoms with Gasteiger partial charge in [-0.1, -0.05) is 0 Å². The Kier molecular flexibility index (Phi) is 7.83. The fourth-order valence-corrected chi connectivity index (χ4v) is 0.613. The minimum absolute atomic E-state index is 0.215.